The van der Waals surface area contributed by atoms with Crippen molar-refractivity contribution in [2.75, 3.05) is 13.2 Å². The number of ether oxygens (including phenoxy) is 2. The van der Waals surface area contributed by atoms with Crippen LogP contribution in [-0.4, -0.2) is 44.7 Å². The summed E-state index contributed by atoms with van der Waals surface area (Å²) in [5, 5.41) is 0. The second kappa shape index (κ2) is 9.81. The van der Waals surface area contributed by atoms with E-state index < -0.39 is 0 Å². The molecule has 0 bridgehead atoms. The van der Waals surface area contributed by atoms with Crippen LogP contribution in [-0.2, 0) is 12.8 Å². The van der Waals surface area contributed by atoms with Crippen molar-refractivity contribution in [2.24, 2.45) is 0 Å². The van der Waals surface area contributed by atoms with E-state index in [0.29, 0.717) is 48.7 Å². The predicted octanol–water partition coefficient (Wildman–Crippen LogP) is 5.46. The molecule has 7 rings (SSSR count). The molecule has 8 heteroatoms. The molecule has 0 aliphatic heterocycles. The van der Waals surface area contributed by atoms with Crippen molar-refractivity contribution in [1.82, 2.24) is 19.9 Å². The van der Waals surface area contributed by atoms with Crippen molar-refractivity contribution < 1.29 is 19.1 Å². The number of nitrogens with one attached hydrogen (secondary N) is 2. The molecule has 2 N–H and O–H groups in total. The molecule has 2 aromatic heterocycles. The second-order valence-corrected chi connectivity index (χ2v) is 9.61. The van der Waals surface area contributed by atoms with Gasteiger partial charge in [0.05, 0.1) is 46.4 Å². The Kier molecular flexibility index (Phi) is 5.85. The fourth-order valence-electron chi connectivity index (χ4n) is 5.18. The fraction of sp³-hybridized carbons (Fsp3) is 0.125. The molecule has 4 aromatic carbocycles. The summed E-state index contributed by atoms with van der Waals surface area (Å²) in [5.74, 6) is 1.81. The number of rotatable bonds is 8. The van der Waals surface area contributed by atoms with E-state index in [-0.39, 0.29) is 22.7 Å². The molecule has 0 amide bonds. The van der Waals surface area contributed by atoms with E-state index in [1.807, 2.05) is 48.5 Å². The Morgan fingerprint density at radius 3 is 1.50 bits per heavy atom. The Morgan fingerprint density at radius 1 is 0.550 bits per heavy atom. The maximum atomic E-state index is 13.8. The van der Waals surface area contributed by atoms with Gasteiger partial charge in [-0.1, -0.05) is 48.5 Å². The first-order valence-electron chi connectivity index (χ1n) is 13.1. The van der Waals surface area contributed by atoms with Crippen LogP contribution in [0.4, 0.5) is 0 Å². The molecule has 0 saturated carbocycles. The number of hydrogen-bond donors (Lipinski definition) is 2. The van der Waals surface area contributed by atoms with Crippen LogP contribution in [0, 0.1) is 0 Å². The summed E-state index contributed by atoms with van der Waals surface area (Å²) in [5.41, 5.74) is 4.88. The third-order valence-corrected chi connectivity index (χ3v) is 7.07. The summed E-state index contributed by atoms with van der Waals surface area (Å²) in [6.07, 6.45) is 1.04. The predicted molar refractivity (Wildman–Crippen MR) is 150 cm³/mol. The number of aromatic nitrogens is 4. The molecular formula is C32H24N4O4. The first-order valence-corrected chi connectivity index (χ1v) is 13.1. The zero-order valence-corrected chi connectivity index (χ0v) is 21.4. The standard InChI is InChI=1S/C32H24N4O4/c37-31-19-7-5-13-25(39-17-15-27-33-21-9-1-2-10-22(21)34-27)29(19)32(38)30-20(31)8-6-14-26(30)40-18-16-28-35-23-11-3-4-12-24(23)36-28/h1-14H,15-18H2,(H,33,34)(H,35,36). The van der Waals surface area contributed by atoms with E-state index in [1.54, 1.807) is 36.4 Å². The molecule has 6 aromatic rings. The monoisotopic (exact) mass is 528 g/mol. The highest BCUT2D eigenvalue weighted by Crippen LogP contribution is 2.37. The van der Waals surface area contributed by atoms with Gasteiger partial charge in [-0.05, 0) is 36.4 Å². The van der Waals surface area contributed by atoms with E-state index in [1.165, 1.54) is 0 Å². The lowest BCUT2D eigenvalue weighted by Crippen LogP contribution is -2.23. The number of H-pyrrole nitrogens is 2. The number of ketones is 2. The highest BCUT2D eigenvalue weighted by Gasteiger charge is 2.34. The van der Waals surface area contributed by atoms with Gasteiger partial charge in [0, 0.05) is 24.0 Å². The van der Waals surface area contributed by atoms with Gasteiger partial charge in [-0.25, -0.2) is 9.97 Å². The van der Waals surface area contributed by atoms with Crippen LogP contribution in [0.15, 0.2) is 84.9 Å². The molecule has 1 aliphatic carbocycles. The average molecular weight is 529 g/mol. The van der Waals surface area contributed by atoms with Gasteiger partial charge in [0.2, 0.25) is 5.78 Å². The normalized spacial score (nSPS) is 12.5. The number of benzene rings is 4. The Labute approximate surface area is 229 Å². The number of carbonyl (C=O) groups is 2. The summed E-state index contributed by atoms with van der Waals surface area (Å²) >= 11 is 0. The second-order valence-electron chi connectivity index (χ2n) is 9.61. The van der Waals surface area contributed by atoms with Crippen molar-refractivity contribution in [3.63, 3.8) is 0 Å². The maximum Gasteiger partial charge on any atom is 0.201 e. The van der Waals surface area contributed by atoms with Crippen LogP contribution in [0.1, 0.15) is 43.5 Å². The van der Waals surface area contributed by atoms with Crippen LogP contribution < -0.4 is 9.47 Å². The van der Waals surface area contributed by atoms with Crippen LogP contribution in [0.2, 0.25) is 0 Å². The van der Waals surface area contributed by atoms with Gasteiger partial charge < -0.3 is 19.4 Å². The topological polar surface area (TPSA) is 110 Å². The van der Waals surface area contributed by atoms with E-state index >= 15 is 0 Å². The third-order valence-electron chi connectivity index (χ3n) is 7.07. The smallest absolute Gasteiger partial charge is 0.201 e. The van der Waals surface area contributed by atoms with Gasteiger partial charge in [0.15, 0.2) is 5.78 Å². The van der Waals surface area contributed by atoms with Crippen LogP contribution in [0.5, 0.6) is 11.5 Å². The Morgan fingerprint density at radius 2 is 1.02 bits per heavy atom. The summed E-state index contributed by atoms with van der Waals surface area (Å²) in [4.78, 5) is 43.0. The molecule has 0 fully saturated rings. The minimum atomic E-state index is -0.289. The van der Waals surface area contributed by atoms with Crippen molar-refractivity contribution in [3.8, 4) is 11.5 Å². The van der Waals surface area contributed by atoms with Crippen molar-refractivity contribution in [3.05, 3.63) is 119 Å². The Hall–Kier alpha value is -5.24. The minimum Gasteiger partial charge on any atom is -0.492 e. The number of hydrogen-bond acceptors (Lipinski definition) is 6. The van der Waals surface area contributed by atoms with Gasteiger partial charge in [-0.3, -0.25) is 9.59 Å². The van der Waals surface area contributed by atoms with E-state index in [4.69, 9.17) is 9.47 Å². The van der Waals surface area contributed by atoms with Gasteiger partial charge in [-0.15, -0.1) is 0 Å². The Bertz CT molecular complexity index is 1720. The molecule has 40 heavy (non-hydrogen) atoms. The van der Waals surface area contributed by atoms with Crippen LogP contribution >= 0.6 is 0 Å². The molecule has 8 nitrogen and oxygen atoms in total. The zero-order valence-electron chi connectivity index (χ0n) is 21.4. The first-order chi connectivity index (χ1) is 19.7. The highest BCUT2D eigenvalue weighted by molar-refractivity contribution is 6.30. The molecule has 1 aliphatic rings. The van der Waals surface area contributed by atoms with E-state index in [9.17, 15) is 9.59 Å². The molecule has 0 radical (unpaired) electrons. The molecular weight excluding hydrogens is 504 g/mol. The largest absolute Gasteiger partial charge is 0.492 e. The van der Waals surface area contributed by atoms with Gasteiger partial charge >= 0.3 is 0 Å². The molecule has 0 saturated heterocycles. The van der Waals surface area contributed by atoms with Crippen molar-refractivity contribution >= 4 is 33.6 Å². The zero-order chi connectivity index (χ0) is 27.1. The number of imidazole rings is 2. The lowest BCUT2D eigenvalue weighted by molar-refractivity contribution is 0.0972. The number of aromatic amines is 2. The quantitative estimate of drug-likeness (QED) is 0.271. The molecule has 0 atom stereocenters. The first kappa shape index (κ1) is 23.8. The van der Waals surface area contributed by atoms with Gasteiger partial charge in [0.25, 0.3) is 0 Å². The molecule has 196 valence electrons. The van der Waals surface area contributed by atoms with E-state index in [0.717, 1.165) is 33.7 Å². The summed E-state index contributed by atoms with van der Waals surface area (Å²) in [7, 11) is 0. The van der Waals surface area contributed by atoms with Crippen molar-refractivity contribution in [1.29, 1.82) is 0 Å². The van der Waals surface area contributed by atoms with Crippen LogP contribution in [0.25, 0.3) is 22.1 Å². The number of nitrogens with zero attached hydrogens (tertiary/aromatic N) is 2. The maximum absolute atomic E-state index is 13.8. The molecule has 0 spiro atoms. The third kappa shape index (κ3) is 4.19. The average Bonchev–Trinajstić information content (AvgIpc) is 3.59. The summed E-state index contributed by atoms with van der Waals surface area (Å²) in [6, 6.07) is 25.9. The van der Waals surface area contributed by atoms with Crippen molar-refractivity contribution in [2.45, 2.75) is 12.8 Å². The fourth-order valence-corrected chi connectivity index (χ4v) is 5.18. The van der Waals surface area contributed by atoms with Crippen LogP contribution in [0.3, 0.4) is 0 Å². The van der Waals surface area contributed by atoms with E-state index in [2.05, 4.69) is 19.9 Å². The van der Waals surface area contributed by atoms with Gasteiger partial charge in [-0.2, -0.15) is 0 Å². The minimum absolute atomic E-state index is 0.227. The number of fused-ring (bicyclic) bond motifs is 4. The summed E-state index contributed by atoms with van der Waals surface area (Å²) in [6.45, 7) is 0.584. The summed E-state index contributed by atoms with van der Waals surface area (Å²) < 4.78 is 12.1. The Balaban J connectivity index is 1.11. The lowest BCUT2D eigenvalue weighted by Gasteiger charge is -2.22. The van der Waals surface area contributed by atoms with Gasteiger partial charge in [0.1, 0.15) is 23.1 Å². The number of para-hydroxylation sites is 4. The SMILES string of the molecule is O=C1c2cccc(OCCc3nc4ccccc4[nH]3)c2C(=O)c2c(OCCc3nc4ccccc4[nH]3)cccc21. The number of carbonyl (C=O) groups excluding carboxylic acids is 2. The highest BCUT2D eigenvalue weighted by atomic mass is 16.5. The molecule has 0 unspecified atom stereocenters. The lowest BCUT2D eigenvalue weighted by atomic mass is 9.83. The molecule has 2 heterocycles.